The van der Waals surface area contributed by atoms with E-state index >= 15 is 0 Å². The van der Waals surface area contributed by atoms with E-state index in [-0.39, 0.29) is 12.0 Å². The number of esters is 1. The van der Waals surface area contributed by atoms with Crippen molar-refractivity contribution in [1.29, 1.82) is 0 Å². The van der Waals surface area contributed by atoms with Gasteiger partial charge in [0.1, 0.15) is 19.0 Å². The first-order valence-electron chi connectivity index (χ1n) is 6.31. The number of rotatable bonds is 3. The Morgan fingerprint density at radius 1 is 1.42 bits per heavy atom. The zero-order valence-corrected chi connectivity index (χ0v) is 12.0. The number of carbonyl (C=O) groups excluding carboxylic acids is 1. The Balaban J connectivity index is 1.75. The molecule has 1 fully saturated rings. The SMILES string of the molecule is O=C1OCc2c1ccc(Br)c2OC[C@H]1CNCCN1. The van der Waals surface area contributed by atoms with E-state index in [2.05, 4.69) is 26.6 Å². The molecule has 5 nitrogen and oxygen atoms in total. The van der Waals surface area contributed by atoms with Crippen LogP contribution in [0, 0.1) is 0 Å². The molecule has 0 aromatic heterocycles. The van der Waals surface area contributed by atoms with Crippen molar-refractivity contribution in [2.45, 2.75) is 12.6 Å². The summed E-state index contributed by atoms with van der Waals surface area (Å²) < 4.78 is 11.8. The molecule has 1 atom stereocenters. The van der Waals surface area contributed by atoms with Crippen molar-refractivity contribution in [2.24, 2.45) is 0 Å². The molecule has 1 aromatic rings. The first-order valence-corrected chi connectivity index (χ1v) is 7.10. The molecule has 0 amide bonds. The summed E-state index contributed by atoms with van der Waals surface area (Å²) in [6.45, 7) is 3.69. The number of hydrogen-bond acceptors (Lipinski definition) is 5. The van der Waals surface area contributed by atoms with Gasteiger partial charge in [-0.25, -0.2) is 4.79 Å². The van der Waals surface area contributed by atoms with Gasteiger partial charge in [-0.15, -0.1) is 0 Å². The third kappa shape index (κ3) is 2.61. The van der Waals surface area contributed by atoms with Gasteiger partial charge in [-0.1, -0.05) is 0 Å². The average Bonchev–Trinajstić information content (AvgIpc) is 2.81. The van der Waals surface area contributed by atoms with Gasteiger partial charge < -0.3 is 20.1 Å². The van der Waals surface area contributed by atoms with Gasteiger partial charge in [-0.2, -0.15) is 0 Å². The minimum Gasteiger partial charge on any atom is -0.490 e. The fraction of sp³-hybridized carbons (Fsp3) is 0.462. The van der Waals surface area contributed by atoms with Crippen molar-refractivity contribution in [1.82, 2.24) is 10.6 Å². The molecule has 1 aromatic carbocycles. The molecule has 6 heteroatoms. The quantitative estimate of drug-likeness (QED) is 0.813. The van der Waals surface area contributed by atoms with Gasteiger partial charge >= 0.3 is 5.97 Å². The Morgan fingerprint density at radius 2 is 2.32 bits per heavy atom. The Hall–Kier alpha value is -1.11. The Kier molecular flexibility index (Phi) is 3.72. The lowest BCUT2D eigenvalue weighted by molar-refractivity contribution is 0.0534. The van der Waals surface area contributed by atoms with Crippen LogP contribution in [0.3, 0.4) is 0 Å². The topological polar surface area (TPSA) is 59.6 Å². The molecule has 3 rings (SSSR count). The zero-order chi connectivity index (χ0) is 13.2. The predicted octanol–water partition coefficient (Wildman–Crippen LogP) is 1.06. The van der Waals surface area contributed by atoms with Crippen molar-refractivity contribution in [2.75, 3.05) is 26.2 Å². The van der Waals surface area contributed by atoms with Crippen LogP contribution >= 0.6 is 15.9 Å². The maximum absolute atomic E-state index is 11.5. The number of benzene rings is 1. The number of piperazine rings is 1. The lowest BCUT2D eigenvalue weighted by Gasteiger charge is -2.25. The van der Waals surface area contributed by atoms with E-state index in [4.69, 9.17) is 9.47 Å². The lowest BCUT2D eigenvalue weighted by Crippen LogP contribution is -2.51. The number of halogens is 1. The number of ether oxygens (including phenoxy) is 2. The summed E-state index contributed by atoms with van der Waals surface area (Å²) in [5, 5.41) is 6.70. The van der Waals surface area contributed by atoms with Crippen molar-refractivity contribution >= 4 is 21.9 Å². The zero-order valence-electron chi connectivity index (χ0n) is 10.4. The molecule has 2 N–H and O–H groups in total. The van der Waals surface area contributed by atoms with Crippen LogP contribution < -0.4 is 15.4 Å². The maximum Gasteiger partial charge on any atom is 0.339 e. The van der Waals surface area contributed by atoms with Crippen molar-refractivity contribution in [3.63, 3.8) is 0 Å². The van der Waals surface area contributed by atoms with E-state index in [0.717, 1.165) is 35.4 Å². The Morgan fingerprint density at radius 3 is 3.11 bits per heavy atom. The first-order chi connectivity index (χ1) is 9.25. The van der Waals surface area contributed by atoms with Crippen molar-refractivity contribution < 1.29 is 14.3 Å². The van der Waals surface area contributed by atoms with Gasteiger partial charge in [0.25, 0.3) is 0 Å². The molecule has 0 aliphatic carbocycles. The van der Waals surface area contributed by atoms with E-state index in [1.54, 1.807) is 6.07 Å². The van der Waals surface area contributed by atoms with Gasteiger partial charge in [-0.3, -0.25) is 0 Å². The summed E-state index contributed by atoms with van der Waals surface area (Å²) in [5.41, 5.74) is 1.44. The standard InChI is InChI=1S/C13H15BrN2O3/c14-11-2-1-9-10(7-19-13(9)17)12(11)18-6-8-5-15-3-4-16-8/h1-2,8,15-16H,3-7H2/t8-/m1/s1. The molecule has 102 valence electrons. The van der Waals surface area contributed by atoms with Gasteiger partial charge in [0.15, 0.2) is 0 Å². The highest BCUT2D eigenvalue weighted by Crippen LogP contribution is 2.35. The molecule has 0 bridgehead atoms. The van der Waals surface area contributed by atoms with Crippen LogP contribution in [0.15, 0.2) is 16.6 Å². The van der Waals surface area contributed by atoms with Crippen molar-refractivity contribution in [3.8, 4) is 5.75 Å². The third-order valence-electron chi connectivity index (χ3n) is 3.33. The minimum absolute atomic E-state index is 0.273. The van der Waals surface area contributed by atoms with Crippen LogP contribution in [-0.2, 0) is 11.3 Å². The van der Waals surface area contributed by atoms with E-state index in [9.17, 15) is 4.79 Å². The molecule has 19 heavy (non-hydrogen) atoms. The van der Waals surface area contributed by atoms with Crippen molar-refractivity contribution in [3.05, 3.63) is 27.7 Å². The second-order valence-electron chi connectivity index (χ2n) is 4.64. The van der Waals surface area contributed by atoms with Gasteiger partial charge in [0, 0.05) is 25.2 Å². The fourth-order valence-electron chi connectivity index (χ4n) is 2.32. The van der Waals surface area contributed by atoms with Gasteiger partial charge in [-0.05, 0) is 28.1 Å². The van der Waals surface area contributed by atoms with E-state index in [1.165, 1.54) is 0 Å². The number of carbonyl (C=O) groups is 1. The lowest BCUT2D eigenvalue weighted by atomic mass is 10.1. The van der Waals surface area contributed by atoms with E-state index < -0.39 is 0 Å². The highest BCUT2D eigenvalue weighted by molar-refractivity contribution is 9.10. The largest absolute Gasteiger partial charge is 0.490 e. The molecule has 2 aliphatic heterocycles. The number of nitrogens with one attached hydrogen (secondary N) is 2. The predicted molar refractivity (Wildman–Crippen MR) is 73.4 cm³/mol. The summed E-state index contributed by atoms with van der Waals surface area (Å²) in [7, 11) is 0. The van der Waals surface area contributed by atoms with Crippen LogP contribution in [0.2, 0.25) is 0 Å². The van der Waals surface area contributed by atoms with E-state index in [1.807, 2.05) is 6.07 Å². The highest BCUT2D eigenvalue weighted by Gasteiger charge is 2.26. The Bertz CT molecular complexity index is 501. The van der Waals surface area contributed by atoms with Crippen LogP contribution in [0.5, 0.6) is 5.75 Å². The smallest absolute Gasteiger partial charge is 0.339 e. The minimum atomic E-state index is -0.273. The summed E-state index contributed by atoms with van der Waals surface area (Å²) in [6, 6.07) is 3.88. The molecule has 1 saturated heterocycles. The highest BCUT2D eigenvalue weighted by atomic mass is 79.9. The second-order valence-corrected chi connectivity index (χ2v) is 5.50. The molecule has 2 heterocycles. The number of hydrogen-bond donors (Lipinski definition) is 2. The molecular formula is C13H15BrN2O3. The van der Waals surface area contributed by atoms with E-state index in [0.29, 0.717) is 18.8 Å². The first kappa shape index (κ1) is 12.9. The molecule has 0 spiro atoms. The molecular weight excluding hydrogens is 312 g/mol. The van der Waals surface area contributed by atoms with Gasteiger partial charge in [0.2, 0.25) is 0 Å². The molecule has 0 unspecified atom stereocenters. The average molecular weight is 327 g/mol. The van der Waals surface area contributed by atoms with Crippen LogP contribution in [0.1, 0.15) is 15.9 Å². The normalized spacial score (nSPS) is 21.9. The maximum atomic E-state index is 11.5. The van der Waals surface area contributed by atoms with Crippen LogP contribution in [-0.4, -0.2) is 38.3 Å². The molecule has 0 saturated carbocycles. The summed E-state index contributed by atoms with van der Waals surface area (Å²) >= 11 is 3.47. The Labute approximate surface area is 119 Å². The fourth-order valence-corrected chi connectivity index (χ4v) is 2.81. The van der Waals surface area contributed by atoms with Gasteiger partial charge in [0.05, 0.1) is 16.1 Å². The summed E-state index contributed by atoms with van der Waals surface area (Å²) in [5.74, 6) is 0.445. The number of fused-ring (bicyclic) bond motifs is 1. The summed E-state index contributed by atoms with van der Waals surface area (Å²) in [6.07, 6.45) is 0. The van der Waals surface area contributed by atoms with Crippen LogP contribution in [0.4, 0.5) is 0 Å². The molecule has 0 radical (unpaired) electrons. The second kappa shape index (κ2) is 5.48. The van der Waals surface area contributed by atoms with Crippen LogP contribution in [0.25, 0.3) is 0 Å². The summed E-state index contributed by atoms with van der Waals surface area (Å²) in [4.78, 5) is 11.5. The number of cyclic esters (lactones) is 1. The third-order valence-corrected chi connectivity index (χ3v) is 3.96. The molecule has 2 aliphatic rings. The monoisotopic (exact) mass is 326 g/mol.